The minimum absolute atomic E-state index is 0. The number of aromatic nitrogens is 4. The van der Waals surface area contributed by atoms with Crippen molar-refractivity contribution >= 4 is 28.4 Å². The van der Waals surface area contributed by atoms with Crippen LogP contribution in [0.15, 0.2) is 24.5 Å². The summed E-state index contributed by atoms with van der Waals surface area (Å²) in [6.45, 7) is 10.5. The summed E-state index contributed by atoms with van der Waals surface area (Å²) in [4.78, 5) is 9.26. The fourth-order valence-corrected chi connectivity index (χ4v) is 1.07. The summed E-state index contributed by atoms with van der Waals surface area (Å²) in [6, 6.07) is 3.79. The summed E-state index contributed by atoms with van der Waals surface area (Å²) in [5.41, 5.74) is 1.09. The molecule has 2 aromatic rings. The van der Waals surface area contributed by atoms with E-state index >= 15 is 0 Å². The first kappa shape index (κ1) is 22.8. The van der Waals surface area contributed by atoms with Gasteiger partial charge in [0.2, 0.25) is 0 Å². The minimum Gasteiger partial charge on any atom is -0.358 e. The quantitative estimate of drug-likeness (QED) is 0.332. The molecule has 2 heterocycles. The van der Waals surface area contributed by atoms with Gasteiger partial charge in [0.05, 0.1) is 18.0 Å². The van der Waals surface area contributed by atoms with Gasteiger partial charge in [0.15, 0.2) is 0 Å². The van der Waals surface area contributed by atoms with E-state index < -0.39 is 4.92 Å². The number of rotatable bonds is 2. The lowest BCUT2D eigenvalue weighted by Crippen LogP contribution is -2.00. The van der Waals surface area contributed by atoms with Crippen LogP contribution in [0.1, 0.15) is 46.9 Å². The lowest BCUT2D eigenvalue weighted by Gasteiger charge is -2.02. The molecule has 0 atom stereocenters. The summed E-state index contributed by atoms with van der Waals surface area (Å²) in [7, 11) is 0. The number of aryl methyl sites for hydroxylation is 1. The van der Waals surface area contributed by atoms with Crippen molar-refractivity contribution in [2.45, 2.75) is 52.0 Å². The van der Waals surface area contributed by atoms with Gasteiger partial charge in [-0.05, 0) is 31.8 Å². The maximum atomic E-state index is 9.80. The predicted molar refractivity (Wildman–Crippen MR) is 98.5 cm³/mol. The lowest BCUT2D eigenvalue weighted by molar-refractivity contribution is -0.389. The highest BCUT2D eigenvalue weighted by molar-refractivity contribution is 14.1. The van der Waals surface area contributed by atoms with Crippen molar-refractivity contribution in [1.29, 1.82) is 0 Å². The molecule has 0 saturated carbocycles. The molecule has 126 valence electrons. The third kappa shape index (κ3) is 11.2. The van der Waals surface area contributed by atoms with Crippen molar-refractivity contribution in [1.82, 2.24) is 20.0 Å². The molecular weight excluding hydrogens is 397 g/mol. The van der Waals surface area contributed by atoms with Crippen LogP contribution < -0.4 is 0 Å². The second kappa shape index (κ2) is 12.1. The number of hydrogen-bond acceptors (Lipinski definition) is 4. The van der Waals surface area contributed by atoms with Crippen molar-refractivity contribution in [2.24, 2.45) is 0 Å². The molecule has 0 aromatic carbocycles. The molecule has 0 bridgehead atoms. The molecule has 0 unspecified atom stereocenters. The van der Waals surface area contributed by atoms with Crippen LogP contribution in [-0.4, -0.2) is 28.8 Å². The Kier molecular flexibility index (Phi) is 12.6. The van der Waals surface area contributed by atoms with Crippen LogP contribution >= 0.6 is 22.6 Å². The van der Waals surface area contributed by atoms with E-state index in [1.54, 1.807) is 0 Å². The largest absolute Gasteiger partial charge is 0.358 e. The Labute approximate surface area is 145 Å². The topological polar surface area (TPSA) is 89.6 Å². The highest BCUT2D eigenvalue weighted by atomic mass is 127. The molecule has 0 aliphatic heterocycles. The van der Waals surface area contributed by atoms with Gasteiger partial charge in [0.1, 0.15) is 0 Å². The molecule has 0 saturated heterocycles. The van der Waals surface area contributed by atoms with Gasteiger partial charge in [-0.3, -0.25) is 4.68 Å². The molecule has 1 N–H and O–H groups in total. The van der Waals surface area contributed by atoms with Crippen LogP contribution in [0.4, 0.5) is 5.82 Å². The second-order valence-corrected chi connectivity index (χ2v) is 7.23. The third-order valence-corrected chi connectivity index (χ3v) is 1.95. The SMILES string of the molecule is C.CC(C)I.Cc1ccn(C(C)C)n1.O=[N+]([O-])c1ccn[nH]1. The molecule has 0 aliphatic rings. The molecule has 7 nitrogen and oxygen atoms in total. The maximum Gasteiger partial charge on any atom is 0.342 e. The first-order valence-corrected chi connectivity index (χ1v) is 7.78. The highest BCUT2D eigenvalue weighted by Crippen LogP contribution is 2.02. The van der Waals surface area contributed by atoms with Crippen LogP contribution in [0.2, 0.25) is 0 Å². The summed E-state index contributed by atoms with van der Waals surface area (Å²) >= 11 is 2.34. The summed E-state index contributed by atoms with van der Waals surface area (Å²) in [5, 5.41) is 19.6. The van der Waals surface area contributed by atoms with E-state index in [4.69, 9.17) is 0 Å². The van der Waals surface area contributed by atoms with Crippen molar-refractivity contribution in [3.63, 3.8) is 0 Å². The molecule has 2 rings (SSSR count). The Bertz CT molecular complexity index is 506. The minimum atomic E-state index is -0.535. The zero-order valence-corrected chi connectivity index (χ0v) is 15.1. The van der Waals surface area contributed by atoms with Gasteiger partial charge in [-0.25, -0.2) is 0 Å². The van der Waals surface area contributed by atoms with Gasteiger partial charge in [-0.15, -0.1) is 5.10 Å². The molecule has 0 fully saturated rings. The first-order valence-electron chi connectivity index (χ1n) is 6.53. The number of nitrogens with zero attached hydrogens (tertiary/aromatic N) is 4. The zero-order chi connectivity index (χ0) is 16.4. The van der Waals surface area contributed by atoms with Crippen molar-refractivity contribution < 1.29 is 4.92 Å². The molecule has 22 heavy (non-hydrogen) atoms. The van der Waals surface area contributed by atoms with E-state index in [9.17, 15) is 10.1 Å². The molecule has 8 heteroatoms. The normalized spacial score (nSPS) is 9.27. The number of halogens is 1. The Hall–Kier alpha value is -1.45. The van der Waals surface area contributed by atoms with E-state index in [0.717, 1.165) is 9.62 Å². The number of aromatic amines is 1. The molecule has 0 aliphatic carbocycles. The average molecular weight is 423 g/mol. The molecule has 0 spiro atoms. The summed E-state index contributed by atoms with van der Waals surface area (Å²) in [5.74, 6) is -0.0787. The second-order valence-electron chi connectivity index (χ2n) is 4.74. The molecular formula is C14H26IN5O2. The molecule has 0 radical (unpaired) electrons. The monoisotopic (exact) mass is 423 g/mol. The van der Waals surface area contributed by atoms with E-state index in [0.29, 0.717) is 6.04 Å². The summed E-state index contributed by atoms with van der Waals surface area (Å²) < 4.78 is 2.76. The van der Waals surface area contributed by atoms with E-state index in [1.165, 1.54) is 12.3 Å². The fraction of sp³-hybridized carbons (Fsp3) is 0.571. The van der Waals surface area contributed by atoms with Gasteiger partial charge in [0.25, 0.3) is 0 Å². The van der Waals surface area contributed by atoms with E-state index in [1.807, 2.05) is 23.9 Å². The Balaban J connectivity index is 0. The Morgan fingerprint density at radius 1 is 1.32 bits per heavy atom. The third-order valence-electron chi connectivity index (χ3n) is 1.95. The average Bonchev–Trinajstić information content (AvgIpc) is 2.98. The summed E-state index contributed by atoms with van der Waals surface area (Å²) in [6.07, 6.45) is 3.33. The first-order chi connectivity index (χ1) is 9.73. The molecule has 0 amide bonds. The molecule has 2 aromatic heterocycles. The van der Waals surface area contributed by atoms with Crippen LogP contribution in [-0.2, 0) is 0 Å². The number of alkyl halides is 1. The van der Waals surface area contributed by atoms with Crippen LogP contribution in [0.3, 0.4) is 0 Å². The number of hydrogen-bond donors (Lipinski definition) is 1. The number of nitro groups is 1. The van der Waals surface area contributed by atoms with Gasteiger partial charge in [-0.2, -0.15) is 5.10 Å². The fourth-order valence-electron chi connectivity index (χ4n) is 1.07. The van der Waals surface area contributed by atoms with Crippen molar-refractivity contribution in [3.8, 4) is 0 Å². The van der Waals surface area contributed by atoms with Crippen LogP contribution in [0.5, 0.6) is 0 Å². The standard InChI is InChI=1S/C7H12N2.C3H7I.C3H3N3O2.CH4/c1-6(2)9-5-4-7(3)8-9;1-3(2)4;7-6(8)3-1-2-4-5-3;/h4-6H,1-3H3;3H,1-2H3;1-2H,(H,4,5);1H4. The van der Waals surface area contributed by atoms with Gasteiger partial charge in [0, 0.05) is 16.2 Å². The van der Waals surface area contributed by atoms with E-state index in [2.05, 4.69) is 65.6 Å². The number of H-pyrrole nitrogens is 1. The number of nitrogens with one attached hydrogen (secondary N) is 1. The van der Waals surface area contributed by atoms with Gasteiger partial charge < -0.3 is 10.1 Å². The maximum absolute atomic E-state index is 9.80. The Morgan fingerprint density at radius 2 is 1.86 bits per heavy atom. The van der Waals surface area contributed by atoms with Gasteiger partial charge in [-0.1, -0.05) is 49.0 Å². The van der Waals surface area contributed by atoms with E-state index in [-0.39, 0.29) is 13.2 Å². The predicted octanol–water partition coefficient (Wildman–Crippen LogP) is 4.56. The smallest absolute Gasteiger partial charge is 0.342 e. The lowest BCUT2D eigenvalue weighted by atomic mass is 10.4. The van der Waals surface area contributed by atoms with Crippen LogP contribution in [0.25, 0.3) is 0 Å². The van der Waals surface area contributed by atoms with Gasteiger partial charge >= 0.3 is 5.82 Å². The van der Waals surface area contributed by atoms with Crippen molar-refractivity contribution in [3.05, 3.63) is 40.3 Å². The Morgan fingerprint density at radius 3 is 2.05 bits per heavy atom. The van der Waals surface area contributed by atoms with Crippen molar-refractivity contribution in [2.75, 3.05) is 0 Å². The van der Waals surface area contributed by atoms with Crippen LogP contribution in [0, 0.1) is 17.0 Å². The highest BCUT2D eigenvalue weighted by Gasteiger charge is 1.99. The zero-order valence-electron chi connectivity index (χ0n) is 12.9.